The lowest BCUT2D eigenvalue weighted by Gasteiger charge is -2.29. The topological polar surface area (TPSA) is 49.6 Å². The molecule has 0 aromatic rings. The van der Waals surface area contributed by atoms with Crippen molar-refractivity contribution in [3.05, 3.63) is 0 Å². The van der Waals surface area contributed by atoms with E-state index in [9.17, 15) is 4.79 Å². The Bertz CT molecular complexity index is 293. The van der Waals surface area contributed by atoms with E-state index in [1.54, 1.807) is 0 Å². The van der Waals surface area contributed by atoms with Gasteiger partial charge >= 0.3 is 0 Å². The van der Waals surface area contributed by atoms with E-state index in [1.807, 2.05) is 11.9 Å². The van der Waals surface area contributed by atoms with Crippen molar-refractivity contribution in [1.82, 2.24) is 9.80 Å². The van der Waals surface area contributed by atoms with E-state index >= 15 is 0 Å². The van der Waals surface area contributed by atoms with Crippen LogP contribution in [0.5, 0.6) is 0 Å². The number of nitrogens with two attached hydrogens (primary N) is 1. The number of likely N-dealkylation sites (N-methyl/N-ethyl adjacent to an activating group) is 2. The minimum atomic E-state index is 0.254. The average molecular weight is 283 g/mol. The molecular weight excluding hydrogens is 250 g/mol. The first-order valence-corrected chi connectivity index (χ1v) is 8.15. The second-order valence-electron chi connectivity index (χ2n) is 6.63. The second kappa shape index (κ2) is 8.63. The molecule has 0 aromatic carbocycles. The van der Waals surface area contributed by atoms with Crippen LogP contribution in [0.1, 0.15) is 46.5 Å². The molecule has 2 N–H and O–H groups in total. The zero-order chi connectivity index (χ0) is 15.1. The summed E-state index contributed by atoms with van der Waals surface area (Å²) < 4.78 is 0. The lowest BCUT2D eigenvalue weighted by atomic mass is 9.94. The molecule has 4 nitrogen and oxygen atoms in total. The number of rotatable bonds is 8. The third kappa shape index (κ3) is 5.41. The first-order chi connectivity index (χ1) is 9.47. The molecule has 1 saturated heterocycles. The standard InChI is InChI=1S/C16H33N3O/c1-5-19-8-6-7-15(19)12-18(4)16(20)10-14(11-17)9-13(2)3/h13-15H,5-12,17H2,1-4H3/t14-,15?/m0/s1. The van der Waals surface area contributed by atoms with Gasteiger partial charge in [0, 0.05) is 26.1 Å². The van der Waals surface area contributed by atoms with Gasteiger partial charge in [0.05, 0.1) is 0 Å². The van der Waals surface area contributed by atoms with Crippen molar-refractivity contribution in [3.8, 4) is 0 Å². The number of hydrogen-bond donors (Lipinski definition) is 1. The molecule has 20 heavy (non-hydrogen) atoms. The minimum Gasteiger partial charge on any atom is -0.344 e. The van der Waals surface area contributed by atoms with E-state index in [2.05, 4.69) is 25.7 Å². The van der Waals surface area contributed by atoms with Crippen molar-refractivity contribution < 1.29 is 4.79 Å². The highest BCUT2D eigenvalue weighted by molar-refractivity contribution is 5.76. The van der Waals surface area contributed by atoms with Crippen molar-refractivity contribution in [3.63, 3.8) is 0 Å². The van der Waals surface area contributed by atoms with E-state index in [0.717, 1.165) is 19.5 Å². The summed E-state index contributed by atoms with van der Waals surface area (Å²) in [6, 6.07) is 0.551. The normalized spacial score (nSPS) is 21.4. The van der Waals surface area contributed by atoms with Crippen molar-refractivity contribution in [2.75, 3.05) is 33.2 Å². The Kier molecular flexibility index (Phi) is 7.52. The zero-order valence-corrected chi connectivity index (χ0v) is 13.8. The average Bonchev–Trinajstić information content (AvgIpc) is 2.84. The summed E-state index contributed by atoms with van der Waals surface area (Å²) in [5, 5.41) is 0. The molecule has 0 bridgehead atoms. The van der Waals surface area contributed by atoms with Crippen molar-refractivity contribution in [1.29, 1.82) is 0 Å². The largest absolute Gasteiger partial charge is 0.344 e. The quantitative estimate of drug-likeness (QED) is 0.740. The van der Waals surface area contributed by atoms with Crippen LogP contribution in [-0.4, -0.2) is 55.0 Å². The molecule has 1 aliphatic rings. The highest BCUT2D eigenvalue weighted by atomic mass is 16.2. The maximum absolute atomic E-state index is 12.3. The Labute approximate surface area is 124 Å². The van der Waals surface area contributed by atoms with Gasteiger partial charge < -0.3 is 10.6 Å². The lowest BCUT2D eigenvalue weighted by Crippen LogP contribution is -2.41. The fraction of sp³-hybridized carbons (Fsp3) is 0.938. The fourth-order valence-corrected chi connectivity index (χ4v) is 3.27. The van der Waals surface area contributed by atoms with Crippen LogP contribution in [0, 0.1) is 11.8 Å². The summed E-state index contributed by atoms with van der Waals surface area (Å²) in [5.74, 6) is 1.19. The smallest absolute Gasteiger partial charge is 0.222 e. The Hall–Kier alpha value is -0.610. The van der Waals surface area contributed by atoms with Gasteiger partial charge in [0.2, 0.25) is 5.91 Å². The number of carbonyl (C=O) groups is 1. The van der Waals surface area contributed by atoms with E-state index in [4.69, 9.17) is 5.73 Å². The molecule has 0 aromatic heterocycles. The first-order valence-electron chi connectivity index (χ1n) is 8.15. The zero-order valence-electron chi connectivity index (χ0n) is 13.8. The number of likely N-dealkylation sites (tertiary alicyclic amines) is 1. The molecular formula is C16H33N3O. The maximum atomic E-state index is 12.3. The summed E-state index contributed by atoms with van der Waals surface area (Å²) in [5.41, 5.74) is 5.80. The first kappa shape index (κ1) is 17.4. The molecule has 0 spiro atoms. The molecule has 1 fully saturated rings. The summed E-state index contributed by atoms with van der Waals surface area (Å²) in [6.07, 6.45) is 4.13. The molecule has 0 radical (unpaired) electrons. The number of amides is 1. The molecule has 118 valence electrons. The lowest BCUT2D eigenvalue weighted by molar-refractivity contribution is -0.131. The van der Waals surface area contributed by atoms with E-state index in [0.29, 0.717) is 30.8 Å². The highest BCUT2D eigenvalue weighted by Crippen LogP contribution is 2.19. The van der Waals surface area contributed by atoms with Gasteiger partial charge in [-0.15, -0.1) is 0 Å². The van der Waals surface area contributed by atoms with Crippen LogP contribution < -0.4 is 5.73 Å². The molecule has 1 unspecified atom stereocenters. The molecule has 0 aliphatic carbocycles. The molecule has 1 amide bonds. The Morgan fingerprint density at radius 1 is 1.45 bits per heavy atom. The van der Waals surface area contributed by atoms with Gasteiger partial charge in [0.25, 0.3) is 0 Å². The van der Waals surface area contributed by atoms with E-state index < -0.39 is 0 Å². The van der Waals surface area contributed by atoms with Gasteiger partial charge in [-0.05, 0) is 50.7 Å². The Morgan fingerprint density at radius 3 is 2.70 bits per heavy atom. The van der Waals surface area contributed by atoms with Crippen LogP contribution in [-0.2, 0) is 4.79 Å². The summed E-state index contributed by atoms with van der Waals surface area (Å²) in [4.78, 5) is 16.7. The summed E-state index contributed by atoms with van der Waals surface area (Å²) >= 11 is 0. The maximum Gasteiger partial charge on any atom is 0.222 e. The number of hydrogen-bond acceptors (Lipinski definition) is 3. The fourth-order valence-electron chi connectivity index (χ4n) is 3.27. The van der Waals surface area contributed by atoms with Gasteiger partial charge in [-0.3, -0.25) is 9.69 Å². The van der Waals surface area contributed by atoms with Gasteiger partial charge in [-0.1, -0.05) is 20.8 Å². The third-order valence-corrected chi connectivity index (χ3v) is 4.42. The number of carbonyl (C=O) groups excluding carboxylic acids is 1. The Morgan fingerprint density at radius 2 is 2.15 bits per heavy atom. The summed E-state index contributed by atoms with van der Waals surface area (Å²) in [6.45, 7) is 10.3. The second-order valence-corrected chi connectivity index (χ2v) is 6.63. The van der Waals surface area contributed by atoms with Crippen LogP contribution in [0.15, 0.2) is 0 Å². The van der Waals surface area contributed by atoms with Crippen LogP contribution in [0.3, 0.4) is 0 Å². The SMILES string of the molecule is CCN1CCCC1CN(C)C(=O)C[C@@H](CN)CC(C)C. The monoisotopic (exact) mass is 283 g/mol. The number of nitrogens with zero attached hydrogens (tertiary/aromatic N) is 2. The molecule has 1 heterocycles. The summed E-state index contributed by atoms with van der Waals surface area (Å²) in [7, 11) is 1.94. The predicted octanol–water partition coefficient (Wildman–Crippen LogP) is 1.94. The van der Waals surface area contributed by atoms with E-state index in [-0.39, 0.29) is 5.91 Å². The highest BCUT2D eigenvalue weighted by Gasteiger charge is 2.26. The molecule has 0 saturated carbocycles. The van der Waals surface area contributed by atoms with Gasteiger partial charge in [-0.25, -0.2) is 0 Å². The predicted molar refractivity (Wildman–Crippen MR) is 84.5 cm³/mol. The van der Waals surface area contributed by atoms with Crippen molar-refractivity contribution >= 4 is 5.91 Å². The van der Waals surface area contributed by atoms with Crippen LogP contribution in [0.2, 0.25) is 0 Å². The van der Waals surface area contributed by atoms with Gasteiger partial charge in [0.15, 0.2) is 0 Å². The third-order valence-electron chi connectivity index (χ3n) is 4.42. The molecule has 1 aliphatic heterocycles. The van der Waals surface area contributed by atoms with Gasteiger partial charge in [0.1, 0.15) is 0 Å². The van der Waals surface area contributed by atoms with Crippen LogP contribution in [0.4, 0.5) is 0 Å². The van der Waals surface area contributed by atoms with E-state index in [1.165, 1.54) is 19.4 Å². The van der Waals surface area contributed by atoms with Gasteiger partial charge in [-0.2, -0.15) is 0 Å². The van der Waals surface area contributed by atoms with Crippen LogP contribution >= 0.6 is 0 Å². The van der Waals surface area contributed by atoms with Crippen LogP contribution in [0.25, 0.3) is 0 Å². The Balaban J connectivity index is 2.41. The molecule has 4 heteroatoms. The van der Waals surface area contributed by atoms with Crippen molar-refractivity contribution in [2.24, 2.45) is 17.6 Å². The molecule has 2 atom stereocenters. The van der Waals surface area contributed by atoms with Crippen molar-refractivity contribution in [2.45, 2.75) is 52.5 Å². The minimum absolute atomic E-state index is 0.254. The molecule has 1 rings (SSSR count).